The highest BCUT2D eigenvalue weighted by molar-refractivity contribution is 9.10. The molecule has 2 amide bonds. The van der Waals surface area contributed by atoms with Crippen molar-refractivity contribution in [1.82, 2.24) is 5.32 Å². The molecule has 1 saturated heterocycles. The van der Waals surface area contributed by atoms with Gasteiger partial charge in [0, 0.05) is 22.7 Å². The average Bonchev–Trinajstić information content (AvgIpc) is 2.69. The summed E-state index contributed by atoms with van der Waals surface area (Å²) < 4.78 is 0.819. The third kappa shape index (κ3) is 3.88. The lowest BCUT2D eigenvalue weighted by Crippen LogP contribution is -2.54. The molecule has 0 radical (unpaired) electrons. The second-order valence-corrected chi connectivity index (χ2v) is 10.5. The molecule has 0 spiro atoms. The number of thiocarbonyl (C=S) groups is 1. The molecule has 2 heterocycles. The van der Waals surface area contributed by atoms with E-state index in [2.05, 4.69) is 66.1 Å². The van der Waals surface area contributed by atoms with E-state index in [0.29, 0.717) is 11.6 Å². The maximum absolute atomic E-state index is 13.3. The van der Waals surface area contributed by atoms with E-state index in [4.69, 9.17) is 12.2 Å². The summed E-state index contributed by atoms with van der Waals surface area (Å²) in [5.74, 6) is -0.537. The molecule has 1 fully saturated rings. The van der Waals surface area contributed by atoms with Crippen molar-refractivity contribution >= 4 is 62.5 Å². The zero-order valence-corrected chi connectivity index (χ0v) is 21.2. The molecular formula is C25H26BrN3O2S. The predicted molar refractivity (Wildman–Crippen MR) is 137 cm³/mol. The van der Waals surface area contributed by atoms with Crippen LogP contribution in [-0.2, 0) is 9.59 Å². The Morgan fingerprint density at radius 2 is 1.94 bits per heavy atom. The molecule has 1 N–H and O–H groups in total. The summed E-state index contributed by atoms with van der Waals surface area (Å²) in [5, 5.41) is 2.74. The van der Waals surface area contributed by atoms with Gasteiger partial charge < -0.3 is 4.90 Å². The molecule has 4 rings (SSSR count). The van der Waals surface area contributed by atoms with Gasteiger partial charge >= 0.3 is 0 Å². The van der Waals surface area contributed by atoms with Crippen LogP contribution in [0.25, 0.3) is 6.08 Å². The van der Waals surface area contributed by atoms with E-state index in [-0.39, 0.29) is 16.2 Å². The van der Waals surface area contributed by atoms with E-state index in [1.54, 1.807) is 18.2 Å². The molecule has 32 heavy (non-hydrogen) atoms. The molecule has 7 heteroatoms. The smallest absolute Gasteiger partial charge is 0.270 e. The van der Waals surface area contributed by atoms with Crippen LogP contribution >= 0.6 is 28.1 Å². The fraction of sp³-hybridized carbons (Fsp3) is 0.320. The van der Waals surface area contributed by atoms with Gasteiger partial charge in [0.15, 0.2) is 5.11 Å². The van der Waals surface area contributed by atoms with Crippen molar-refractivity contribution in [3.63, 3.8) is 0 Å². The van der Waals surface area contributed by atoms with Crippen LogP contribution in [-0.4, -0.2) is 29.5 Å². The molecule has 0 saturated carbocycles. The number of carbonyl (C=O) groups excluding carboxylic acids is 2. The first-order valence-electron chi connectivity index (χ1n) is 10.5. The van der Waals surface area contributed by atoms with Gasteiger partial charge in [0.25, 0.3) is 11.8 Å². The zero-order valence-electron chi connectivity index (χ0n) is 18.8. The van der Waals surface area contributed by atoms with E-state index >= 15 is 0 Å². The highest BCUT2D eigenvalue weighted by atomic mass is 79.9. The monoisotopic (exact) mass is 511 g/mol. The van der Waals surface area contributed by atoms with Crippen LogP contribution in [0.3, 0.4) is 0 Å². The number of hydrogen-bond donors (Lipinski definition) is 1. The molecule has 0 aliphatic carbocycles. The van der Waals surface area contributed by atoms with E-state index in [1.807, 2.05) is 19.1 Å². The standard InChI is InChI=1S/C25H26BrN3O2S/c1-14-9-21-19(15(2)13-25(3,4)28(21)5)10-16(14)11-20-22(30)27-24(32)29(23(20)31)18-8-6-7-17(26)12-18/h6-12,15H,13H2,1-5H3,(H,27,30,32)/b20-11-. The second-order valence-electron chi connectivity index (χ2n) is 9.18. The van der Waals surface area contributed by atoms with Crippen LogP contribution < -0.4 is 15.1 Å². The minimum Gasteiger partial charge on any atom is -0.369 e. The summed E-state index contributed by atoms with van der Waals surface area (Å²) in [6, 6.07) is 11.5. The van der Waals surface area contributed by atoms with Crippen LogP contribution in [0.5, 0.6) is 0 Å². The Morgan fingerprint density at radius 3 is 2.62 bits per heavy atom. The fourth-order valence-corrected chi connectivity index (χ4v) is 5.22. The van der Waals surface area contributed by atoms with Crippen LogP contribution in [0.1, 0.15) is 49.8 Å². The lowest BCUT2D eigenvalue weighted by Gasteiger charge is -2.45. The number of rotatable bonds is 2. The number of benzene rings is 2. The second kappa shape index (κ2) is 8.12. The Balaban J connectivity index is 1.78. The van der Waals surface area contributed by atoms with Gasteiger partial charge in [-0.25, -0.2) is 0 Å². The Morgan fingerprint density at radius 1 is 1.22 bits per heavy atom. The molecule has 2 aliphatic rings. The third-order valence-corrected chi connectivity index (χ3v) is 7.27. The topological polar surface area (TPSA) is 52.7 Å². The number of carbonyl (C=O) groups is 2. The zero-order chi connectivity index (χ0) is 23.4. The Bertz CT molecular complexity index is 1190. The molecule has 1 unspecified atom stereocenters. The van der Waals surface area contributed by atoms with Gasteiger partial charge in [-0.2, -0.15) is 0 Å². The van der Waals surface area contributed by atoms with Crippen LogP contribution in [0.2, 0.25) is 0 Å². The van der Waals surface area contributed by atoms with Crippen molar-refractivity contribution in [3.05, 3.63) is 63.1 Å². The summed E-state index contributed by atoms with van der Waals surface area (Å²) in [6.45, 7) is 8.74. The summed E-state index contributed by atoms with van der Waals surface area (Å²) in [4.78, 5) is 29.8. The number of aryl methyl sites for hydroxylation is 1. The van der Waals surface area contributed by atoms with Crippen molar-refractivity contribution in [2.24, 2.45) is 0 Å². The molecule has 166 valence electrons. The van der Waals surface area contributed by atoms with Crippen LogP contribution in [0.4, 0.5) is 11.4 Å². The van der Waals surface area contributed by atoms with E-state index in [0.717, 1.165) is 22.0 Å². The number of hydrogen-bond acceptors (Lipinski definition) is 4. The largest absolute Gasteiger partial charge is 0.369 e. The highest BCUT2D eigenvalue weighted by Gasteiger charge is 2.36. The SMILES string of the molecule is Cc1cc2c(cc1/C=C1/C(=O)NC(=S)N(c3cccc(Br)c3)C1=O)C(C)CC(C)(C)N2C. The quantitative estimate of drug-likeness (QED) is 0.337. The molecule has 0 bridgehead atoms. The van der Waals surface area contributed by atoms with Gasteiger partial charge in [-0.3, -0.25) is 19.8 Å². The molecule has 2 aromatic carbocycles. The number of nitrogens with zero attached hydrogens (tertiary/aromatic N) is 2. The van der Waals surface area contributed by atoms with Gasteiger partial charge in [-0.05, 0) is 98.4 Å². The first-order chi connectivity index (χ1) is 15.0. The average molecular weight is 512 g/mol. The van der Waals surface area contributed by atoms with Gasteiger partial charge in [-0.15, -0.1) is 0 Å². The fourth-order valence-electron chi connectivity index (χ4n) is 4.55. The molecule has 1 atom stereocenters. The van der Waals surface area contributed by atoms with E-state index in [9.17, 15) is 9.59 Å². The Hall–Kier alpha value is -2.51. The number of fused-ring (bicyclic) bond motifs is 1. The number of amides is 2. The number of halogens is 1. The van der Waals surface area contributed by atoms with Crippen molar-refractivity contribution in [3.8, 4) is 0 Å². The van der Waals surface area contributed by atoms with Gasteiger partial charge in [-0.1, -0.05) is 28.9 Å². The van der Waals surface area contributed by atoms with E-state index < -0.39 is 11.8 Å². The highest BCUT2D eigenvalue weighted by Crippen LogP contribution is 2.43. The van der Waals surface area contributed by atoms with Crippen molar-refractivity contribution in [1.29, 1.82) is 0 Å². The van der Waals surface area contributed by atoms with Crippen LogP contribution in [0, 0.1) is 6.92 Å². The van der Waals surface area contributed by atoms with Gasteiger partial charge in [0.1, 0.15) is 5.57 Å². The van der Waals surface area contributed by atoms with Crippen LogP contribution in [0.15, 0.2) is 46.4 Å². The number of nitrogens with one attached hydrogen (secondary N) is 1. The summed E-state index contributed by atoms with van der Waals surface area (Å²) in [6.07, 6.45) is 2.71. The minimum absolute atomic E-state index is 0.0677. The Kier molecular flexibility index (Phi) is 5.75. The summed E-state index contributed by atoms with van der Waals surface area (Å²) >= 11 is 8.73. The maximum atomic E-state index is 13.3. The first kappa shape index (κ1) is 22.7. The van der Waals surface area contributed by atoms with Crippen molar-refractivity contribution in [2.75, 3.05) is 16.8 Å². The minimum atomic E-state index is -0.477. The Labute approximate surface area is 202 Å². The maximum Gasteiger partial charge on any atom is 0.270 e. The lowest BCUT2D eigenvalue weighted by molar-refractivity contribution is -0.122. The molecule has 0 aromatic heterocycles. The third-order valence-electron chi connectivity index (χ3n) is 6.49. The molecule has 2 aromatic rings. The van der Waals surface area contributed by atoms with E-state index in [1.165, 1.54) is 16.2 Å². The normalized spacial score (nSPS) is 21.6. The van der Waals surface area contributed by atoms with Crippen molar-refractivity contribution in [2.45, 2.75) is 45.6 Å². The first-order valence-corrected chi connectivity index (χ1v) is 11.7. The molecule has 2 aliphatic heterocycles. The van der Waals surface area contributed by atoms with Crippen molar-refractivity contribution < 1.29 is 9.59 Å². The molecule has 5 nitrogen and oxygen atoms in total. The summed E-state index contributed by atoms with van der Waals surface area (Å²) in [5.41, 5.74) is 5.04. The number of anilines is 2. The lowest BCUT2D eigenvalue weighted by atomic mass is 9.79. The molecular weight excluding hydrogens is 486 g/mol. The predicted octanol–water partition coefficient (Wildman–Crippen LogP) is 5.31. The van der Waals surface area contributed by atoms with Gasteiger partial charge in [0.2, 0.25) is 0 Å². The van der Waals surface area contributed by atoms with Gasteiger partial charge in [0.05, 0.1) is 5.69 Å². The summed E-state index contributed by atoms with van der Waals surface area (Å²) in [7, 11) is 2.12.